The summed E-state index contributed by atoms with van der Waals surface area (Å²) in [6.07, 6.45) is 0.460. The molecule has 0 amide bonds. The van der Waals surface area contributed by atoms with E-state index in [0.29, 0.717) is 24.5 Å². The summed E-state index contributed by atoms with van der Waals surface area (Å²) >= 11 is 0. The molecule has 1 heterocycles. The van der Waals surface area contributed by atoms with Crippen LogP contribution < -0.4 is 0 Å². The molecular weight excluding hydrogens is 174 g/mol. The van der Waals surface area contributed by atoms with Crippen LogP contribution in [0.2, 0.25) is 0 Å². The highest BCUT2D eigenvalue weighted by atomic mass is 16.5. The van der Waals surface area contributed by atoms with Gasteiger partial charge in [-0.25, -0.2) is 0 Å². The molecule has 0 spiro atoms. The van der Waals surface area contributed by atoms with Crippen molar-refractivity contribution < 1.29 is 19.2 Å². The van der Waals surface area contributed by atoms with Gasteiger partial charge in [0, 0.05) is 19.6 Å². The number of aromatic nitrogens is 1. The number of ether oxygens (including phenoxy) is 1. The molecule has 0 aliphatic carbocycles. The predicted octanol–water partition coefficient (Wildman–Crippen LogP) is 0.838. The molecule has 0 unspecified atom stereocenters. The first-order valence-corrected chi connectivity index (χ1v) is 3.87. The van der Waals surface area contributed by atoms with Crippen LogP contribution in [0.15, 0.2) is 10.6 Å². The van der Waals surface area contributed by atoms with Crippen LogP contribution in [0.3, 0.4) is 0 Å². The lowest BCUT2D eigenvalue weighted by Gasteiger charge is -1.88. The number of hydrogen-bond donors (Lipinski definition) is 1. The van der Waals surface area contributed by atoms with E-state index < -0.39 is 5.97 Å². The third kappa shape index (κ3) is 3.25. The van der Waals surface area contributed by atoms with E-state index in [1.54, 1.807) is 13.2 Å². The lowest BCUT2D eigenvalue weighted by atomic mass is 10.2. The molecule has 1 aromatic heterocycles. The Bertz CT molecular complexity index is 281. The van der Waals surface area contributed by atoms with Crippen molar-refractivity contribution in [2.24, 2.45) is 0 Å². The highest BCUT2D eigenvalue weighted by Gasteiger charge is 2.05. The zero-order valence-corrected chi connectivity index (χ0v) is 7.32. The average molecular weight is 185 g/mol. The van der Waals surface area contributed by atoms with Crippen molar-refractivity contribution >= 4 is 5.97 Å². The zero-order chi connectivity index (χ0) is 9.68. The van der Waals surface area contributed by atoms with E-state index in [0.717, 1.165) is 0 Å². The molecule has 1 rings (SSSR count). The normalized spacial score (nSPS) is 10.2. The lowest BCUT2D eigenvalue weighted by Crippen LogP contribution is -1.97. The highest BCUT2D eigenvalue weighted by molar-refractivity contribution is 5.66. The fourth-order valence-corrected chi connectivity index (χ4v) is 0.919. The van der Waals surface area contributed by atoms with Gasteiger partial charge in [0.25, 0.3) is 0 Å². The van der Waals surface area contributed by atoms with E-state index in [1.165, 1.54) is 0 Å². The monoisotopic (exact) mass is 185 g/mol. The maximum Gasteiger partial charge on any atom is 0.303 e. The van der Waals surface area contributed by atoms with Crippen molar-refractivity contribution in [3.05, 3.63) is 17.5 Å². The summed E-state index contributed by atoms with van der Waals surface area (Å²) in [5.41, 5.74) is 0.648. The quantitative estimate of drug-likeness (QED) is 0.735. The van der Waals surface area contributed by atoms with Crippen LogP contribution in [0.4, 0.5) is 0 Å². The van der Waals surface area contributed by atoms with Crippen LogP contribution in [0, 0.1) is 0 Å². The molecule has 1 aromatic rings. The molecule has 0 radical (unpaired) electrons. The molecule has 0 aliphatic heterocycles. The Kier molecular flexibility index (Phi) is 3.45. The van der Waals surface area contributed by atoms with Gasteiger partial charge in [0.05, 0.1) is 12.1 Å². The van der Waals surface area contributed by atoms with E-state index in [-0.39, 0.29) is 6.42 Å². The van der Waals surface area contributed by atoms with Gasteiger partial charge in [0.2, 0.25) is 0 Å². The number of hydrogen-bond acceptors (Lipinski definition) is 4. The Morgan fingerprint density at radius 2 is 2.54 bits per heavy atom. The standard InChI is InChI=1S/C8H11NO4/c1-12-5-7-4-6(9-13-7)2-3-8(10)11/h4H,2-3,5H2,1H3,(H,10,11). The fourth-order valence-electron chi connectivity index (χ4n) is 0.919. The van der Waals surface area contributed by atoms with Gasteiger partial charge in [-0.15, -0.1) is 0 Å². The van der Waals surface area contributed by atoms with Crippen LogP contribution in [0.25, 0.3) is 0 Å². The molecule has 0 saturated carbocycles. The van der Waals surface area contributed by atoms with E-state index >= 15 is 0 Å². The number of carbonyl (C=O) groups is 1. The minimum absolute atomic E-state index is 0.0684. The van der Waals surface area contributed by atoms with Crippen molar-refractivity contribution in [2.45, 2.75) is 19.4 Å². The zero-order valence-electron chi connectivity index (χ0n) is 7.32. The van der Waals surface area contributed by atoms with Crippen LogP contribution in [-0.4, -0.2) is 23.3 Å². The Morgan fingerprint density at radius 3 is 3.15 bits per heavy atom. The fraction of sp³-hybridized carbons (Fsp3) is 0.500. The third-order valence-corrected chi connectivity index (χ3v) is 1.49. The molecular formula is C8H11NO4. The Hall–Kier alpha value is -1.36. The number of rotatable bonds is 5. The number of methoxy groups -OCH3 is 1. The summed E-state index contributed by atoms with van der Waals surface area (Å²) < 4.78 is 9.69. The van der Waals surface area contributed by atoms with E-state index in [4.69, 9.17) is 14.4 Å². The van der Waals surface area contributed by atoms with Gasteiger partial charge in [0.15, 0.2) is 5.76 Å². The van der Waals surface area contributed by atoms with Crippen molar-refractivity contribution in [2.75, 3.05) is 7.11 Å². The van der Waals surface area contributed by atoms with E-state index in [9.17, 15) is 4.79 Å². The van der Waals surface area contributed by atoms with Gasteiger partial charge >= 0.3 is 5.97 Å². The van der Waals surface area contributed by atoms with E-state index in [2.05, 4.69) is 5.16 Å². The Morgan fingerprint density at radius 1 is 1.77 bits per heavy atom. The van der Waals surface area contributed by atoms with Crippen molar-refractivity contribution in [1.82, 2.24) is 5.16 Å². The van der Waals surface area contributed by atoms with Crippen LogP contribution >= 0.6 is 0 Å². The van der Waals surface area contributed by atoms with Crippen molar-refractivity contribution in [3.8, 4) is 0 Å². The number of carboxylic acids is 1. The van der Waals surface area contributed by atoms with Crippen molar-refractivity contribution in [1.29, 1.82) is 0 Å². The highest BCUT2D eigenvalue weighted by Crippen LogP contribution is 2.06. The molecule has 5 heteroatoms. The SMILES string of the molecule is COCc1cc(CCC(=O)O)no1. The van der Waals surface area contributed by atoms with Crippen LogP contribution in [0.1, 0.15) is 17.9 Å². The Labute approximate surface area is 75.3 Å². The maximum atomic E-state index is 10.2. The second kappa shape index (κ2) is 4.61. The summed E-state index contributed by atoms with van der Waals surface area (Å²) in [7, 11) is 1.56. The summed E-state index contributed by atoms with van der Waals surface area (Å²) in [4.78, 5) is 10.2. The number of aliphatic carboxylic acids is 1. The van der Waals surface area contributed by atoms with Crippen LogP contribution in [0.5, 0.6) is 0 Å². The molecule has 72 valence electrons. The van der Waals surface area contributed by atoms with Crippen LogP contribution in [-0.2, 0) is 22.6 Å². The van der Waals surface area contributed by atoms with Gasteiger partial charge in [-0.1, -0.05) is 5.16 Å². The van der Waals surface area contributed by atoms with E-state index in [1.807, 2.05) is 0 Å². The first-order valence-electron chi connectivity index (χ1n) is 3.87. The maximum absolute atomic E-state index is 10.2. The van der Waals surface area contributed by atoms with Gasteiger partial charge in [-0.2, -0.15) is 0 Å². The molecule has 0 fully saturated rings. The van der Waals surface area contributed by atoms with Crippen molar-refractivity contribution in [3.63, 3.8) is 0 Å². The number of nitrogens with zero attached hydrogens (tertiary/aromatic N) is 1. The summed E-state index contributed by atoms with van der Waals surface area (Å²) in [6, 6.07) is 1.70. The van der Waals surface area contributed by atoms with Gasteiger partial charge < -0.3 is 14.4 Å². The second-order valence-electron chi connectivity index (χ2n) is 2.61. The predicted molar refractivity (Wildman–Crippen MR) is 43.2 cm³/mol. The molecule has 1 N–H and O–H groups in total. The van der Waals surface area contributed by atoms with Gasteiger partial charge in [-0.3, -0.25) is 4.79 Å². The van der Waals surface area contributed by atoms with Gasteiger partial charge in [0.1, 0.15) is 6.61 Å². The molecule has 0 atom stereocenters. The summed E-state index contributed by atoms with van der Waals surface area (Å²) in [5.74, 6) is -0.223. The minimum atomic E-state index is -0.837. The molecule has 5 nitrogen and oxygen atoms in total. The first kappa shape index (κ1) is 9.73. The Balaban J connectivity index is 2.44. The lowest BCUT2D eigenvalue weighted by molar-refractivity contribution is -0.136. The molecule has 0 aromatic carbocycles. The van der Waals surface area contributed by atoms with Gasteiger partial charge in [-0.05, 0) is 0 Å². The second-order valence-corrected chi connectivity index (χ2v) is 2.61. The molecule has 0 aliphatic rings. The minimum Gasteiger partial charge on any atom is -0.481 e. The molecule has 0 saturated heterocycles. The largest absolute Gasteiger partial charge is 0.481 e. The number of aryl methyl sites for hydroxylation is 1. The third-order valence-electron chi connectivity index (χ3n) is 1.49. The summed E-state index contributed by atoms with van der Waals surface area (Å²) in [5, 5.41) is 12.1. The average Bonchev–Trinajstić information content (AvgIpc) is 2.50. The number of carboxylic acid groups (broad SMARTS) is 1. The molecule has 13 heavy (non-hydrogen) atoms. The topological polar surface area (TPSA) is 72.6 Å². The first-order chi connectivity index (χ1) is 6.22. The smallest absolute Gasteiger partial charge is 0.303 e. The molecule has 0 bridgehead atoms. The summed E-state index contributed by atoms with van der Waals surface area (Å²) in [6.45, 7) is 0.361.